The fourth-order valence-electron chi connectivity index (χ4n) is 3.19. The van der Waals surface area contributed by atoms with Crippen molar-refractivity contribution in [3.63, 3.8) is 0 Å². The number of halogens is 1. The summed E-state index contributed by atoms with van der Waals surface area (Å²) in [4.78, 5) is 2.44. The molecule has 0 aliphatic carbocycles. The molecule has 0 saturated carbocycles. The van der Waals surface area contributed by atoms with E-state index in [1.54, 1.807) is 13.0 Å². The molecule has 3 unspecified atom stereocenters. The zero-order chi connectivity index (χ0) is 14.0. The number of hydrogen-bond donors (Lipinski definition) is 1. The van der Waals surface area contributed by atoms with Crippen LogP contribution in [0.4, 0.5) is 4.39 Å². The monoisotopic (exact) mass is 264 g/mol. The van der Waals surface area contributed by atoms with Crippen LogP contribution in [0.15, 0.2) is 18.2 Å². The van der Waals surface area contributed by atoms with Gasteiger partial charge in [0.05, 0.1) is 0 Å². The van der Waals surface area contributed by atoms with E-state index in [-0.39, 0.29) is 11.9 Å². The van der Waals surface area contributed by atoms with Crippen LogP contribution < -0.4 is 5.73 Å². The summed E-state index contributed by atoms with van der Waals surface area (Å²) in [5.41, 5.74) is 7.70. The Labute approximate surface area is 115 Å². The Morgan fingerprint density at radius 1 is 1.47 bits per heavy atom. The normalized spacial score (nSPS) is 26.4. The molecule has 3 atom stereocenters. The fraction of sp³-hybridized carbons (Fsp3) is 0.625. The highest BCUT2D eigenvalue weighted by molar-refractivity contribution is 5.25. The number of nitrogens with zero attached hydrogens (tertiary/aromatic N) is 1. The molecule has 2 N–H and O–H groups in total. The molecule has 3 heteroatoms. The summed E-state index contributed by atoms with van der Waals surface area (Å²) in [6.45, 7) is 7.97. The molecular weight excluding hydrogens is 239 g/mol. The van der Waals surface area contributed by atoms with E-state index in [2.05, 4.69) is 18.7 Å². The van der Waals surface area contributed by atoms with Crippen LogP contribution in [0.3, 0.4) is 0 Å². The minimum atomic E-state index is -0.112. The van der Waals surface area contributed by atoms with Gasteiger partial charge < -0.3 is 5.73 Å². The van der Waals surface area contributed by atoms with Crippen molar-refractivity contribution >= 4 is 0 Å². The number of aryl methyl sites for hydroxylation is 1. The van der Waals surface area contributed by atoms with Gasteiger partial charge in [0.1, 0.15) is 5.82 Å². The number of rotatable bonds is 3. The maximum absolute atomic E-state index is 13.7. The highest BCUT2D eigenvalue weighted by Crippen LogP contribution is 2.31. The van der Waals surface area contributed by atoms with Crippen molar-refractivity contribution in [2.45, 2.75) is 45.7 Å². The third-order valence-corrected chi connectivity index (χ3v) is 4.58. The van der Waals surface area contributed by atoms with Crippen LogP contribution in [0, 0.1) is 18.7 Å². The molecule has 19 heavy (non-hydrogen) atoms. The van der Waals surface area contributed by atoms with Crippen LogP contribution in [0.25, 0.3) is 0 Å². The van der Waals surface area contributed by atoms with Crippen LogP contribution in [0.2, 0.25) is 0 Å². The van der Waals surface area contributed by atoms with Crippen LogP contribution in [0.5, 0.6) is 0 Å². The molecule has 1 aliphatic heterocycles. The Balaban J connectivity index is 2.21. The van der Waals surface area contributed by atoms with Crippen molar-refractivity contribution < 1.29 is 4.39 Å². The second kappa shape index (κ2) is 6.02. The van der Waals surface area contributed by atoms with Crippen LogP contribution >= 0.6 is 0 Å². The summed E-state index contributed by atoms with van der Waals surface area (Å²) >= 11 is 0. The van der Waals surface area contributed by atoms with Gasteiger partial charge in [0.2, 0.25) is 0 Å². The Morgan fingerprint density at radius 2 is 2.21 bits per heavy atom. The summed E-state index contributed by atoms with van der Waals surface area (Å²) in [7, 11) is 0. The van der Waals surface area contributed by atoms with E-state index >= 15 is 0 Å². The molecule has 1 aromatic rings. The fourth-order valence-corrected chi connectivity index (χ4v) is 3.19. The molecule has 2 rings (SSSR count). The van der Waals surface area contributed by atoms with Crippen molar-refractivity contribution in [1.29, 1.82) is 0 Å². The van der Waals surface area contributed by atoms with Gasteiger partial charge >= 0.3 is 0 Å². The topological polar surface area (TPSA) is 29.3 Å². The van der Waals surface area contributed by atoms with E-state index in [4.69, 9.17) is 5.73 Å². The molecule has 0 spiro atoms. The molecule has 0 bridgehead atoms. The van der Waals surface area contributed by atoms with E-state index in [0.29, 0.717) is 24.1 Å². The first-order valence-corrected chi connectivity index (χ1v) is 7.26. The highest BCUT2D eigenvalue weighted by Gasteiger charge is 2.31. The van der Waals surface area contributed by atoms with Gasteiger partial charge in [0.15, 0.2) is 0 Å². The summed E-state index contributed by atoms with van der Waals surface area (Å²) in [6.07, 6.45) is 2.45. The molecule has 0 amide bonds. The molecule has 0 aromatic heterocycles. The third-order valence-electron chi connectivity index (χ3n) is 4.58. The third kappa shape index (κ3) is 2.98. The van der Waals surface area contributed by atoms with Gasteiger partial charge in [-0.15, -0.1) is 0 Å². The largest absolute Gasteiger partial charge is 0.329 e. The van der Waals surface area contributed by atoms with Crippen molar-refractivity contribution in [1.82, 2.24) is 4.90 Å². The second-order valence-electron chi connectivity index (χ2n) is 5.84. The molecule has 2 nitrogen and oxygen atoms in total. The molecule has 1 fully saturated rings. The van der Waals surface area contributed by atoms with E-state index in [1.165, 1.54) is 12.8 Å². The van der Waals surface area contributed by atoms with Gasteiger partial charge in [-0.1, -0.05) is 19.1 Å². The lowest BCUT2D eigenvalue weighted by Crippen LogP contribution is -2.49. The van der Waals surface area contributed by atoms with Gasteiger partial charge in [0, 0.05) is 18.6 Å². The highest BCUT2D eigenvalue weighted by atomic mass is 19.1. The van der Waals surface area contributed by atoms with Crippen LogP contribution in [-0.4, -0.2) is 24.0 Å². The van der Waals surface area contributed by atoms with Crippen molar-refractivity contribution in [3.05, 3.63) is 35.1 Å². The van der Waals surface area contributed by atoms with Gasteiger partial charge in [-0.3, -0.25) is 4.90 Å². The van der Waals surface area contributed by atoms with Crippen molar-refractivity contribution in [3.8, 4) is 0 Å². The van der Waals surface area contributed by atoms with E-state index in [1.807, 2.05) is 12.1 Å². The lowest BCUT2D eigenvalue weighted by molar-refractivity contribution is 0.0688. The molecule has 0 radical (unpaired) electrons. The molecule has 1 heterocycles. The van der Waals surface area contributed by atoms with Crippen molar-refractivity contribution in [2.75, 3.05) is 13.1 Å². The maximum Gasteiger partial charge on any atom is 0.126 e. The number of likely N-dealkylation sites (tertiary alicyclic amines) is 1. The summed E-state index contributed by atoms with van der Waals surface area (Å²) in [5, 5.41) is 0. The minimum absolute atomic E-state index is 0.112. The molecular formula is C16H25FN2. The zero-order valence-electron chi connectivity index (χ0n) is 12.2. The predicted octanol–water partition coefficient (Wildman–Crippen LogP) is 3.25. The maximum atomic E-state index is 13.7. The molecule has 1 aliphatic rings. The van der Waals surface area contributed by atoms with Gasteiger partial charge in [-0.25, -0.2) is 4.39 Å². The predicted molar refractivity (Wildman–Crippen MR) is 77.5 cm³/mol. The number of hydrogen-bond acceptors (Lipinski definition) is 2. The zero-order valence-corrected chi connectivity index (χ0v) is 12.2. The average molecular weight is 264 g/mol. The first-order valence-electron chi connectivity index (χ1n) is 7.26. The second-order valence-corrected chi connectivity index (χ2v) is 5.84. The Kier molecular flexibility index (Phi) is 4.58. The quantitative estimate of drug-likeness (QED) is 0.908. The van der Waals surface area contributed by atoms with Crippen molar-refractivity contribution in [2.24, 2.45) is 11.7 Å². The number of piperidine rings is 1. The Hall–Kier alpha value is -0.930. The minimum Gasteiger partial charge on any atom is -0.329 e. The van der Waals surface area contributed by atoms with Gasteiger partial charge in [-0.05, 0) is 56.3 Å². The SMILES string of the molecule is Cc1ccc(C(C)N2CCCC(C)C2CN)cc1F. The lowest BCUT2D eigenvalue weighted by atomic mass is 9.88. The number of nitrogens with two attached hydrogens (primary N) is 1. The first-order chi connectivity index (χ1) is 9.04. The smallest absolute Gasteiger partial charge is 0.126 e. The number of benzene rings is 1. The van der Waals surface area contributed by atoms with E-state index in [0.717, 1.165) is 12.1 Å². The molecule has 1 aromatic carbocycles. The summed E-state index contributed by atoms with van der Waals surface area (Å²) in [6, 6.07) is 6.22. The van der Waals surface area contributed by atoms with E-state index in [9.17, 15) is 4.39 Å². The Morgan fingerprint density at radius 3 is 2.84 bits per heavy atom. The molecule has 1 saturated heterocycles. The lowest BCUT2D eigenvalue weighted by Gasteiger charge is -2.43. The van der Waals surface area contributed by atoms with Crippen LogP contribution in [-0.2, 0) is 0 Å². The van der Waals surface area contributed by atoms with Gasteiger partial charge in [0.25, 0.3) is 0 Å². The first kappa shape index (κ1) is 14.5. The Bertz CT molecular complexity index is 433. The van der Waals surface area contributed by atoms with Crippen LogP contribution in [0.1, 0.15) is 43.9 Å². The summed E-state index contributed by atoms with van der Waals surface area (Å²) < 4.78 is 13.7. The summed E-state index contributed by atoms with van der Waals surface area (Å²) in [5.74, 6) is 0.509. The van der Waals surface area contributed by atoms with E-state index < -0.39 is 0 Å². The molecule has 106 valence electrons. The standard InChI is InChI=1S/C16H25FN2/c1-11-6-7-14(9-15(11)17)13(3)19-8-4-5-12(2)16(19)10-18/h6-7,9,12-13,16H,4-5,8,10,18H2,1-3H3. The van der Waals surface area contributed by atoms with Gasteiger partial charge in [-0.2, -0.15) is 0 Å². The average Bonchev–Trinajstić information content (AvgIpc) is 2.40.